The number of halogens is 1. The SMILES string of the molecule is Cn1ccnc1Sc1nc(Cl)c(C=O)s1. The van der Waals surface area contributed by atoms with Crippen molar-refractivity contribution in [2.75, 3.05) is 0 Å². The van der Waals surface area contributed by atoms with E-state index in [1.807, 2.05) is 17.8 Å². The molecule has 78 valence electrons. The van der Waals surface area contributed by atoms with Gasteiger partial charge in [-0.2, -0.15) is 0 Å². The average Bonchev–Trinajstić information content (AvgIpc) is 2.75. The third-order valence-electron chi connectivity index (χ3n) is 1.65. The highest BCUT2D eigenvalue weighted by atomic mass is 35.5. The van der Waals surface area contributed by atoms with E-state index in [1.165, 1.54) is 23.1 Å². The maximum Gasteiger partial charge on any atom is 0.174 e. The highest BCUT2D eigenvalue weighted by Crippen LogP contribution is 2.32. The van der Waals surface area contributed by atoms with E-state index in [9.17, 15) is 4.79 Å². The lowest BCUT2D eigenvalue weighted by molar-refractivity contribution is 0.112. The van der Waals surface area contributed by atoms with Crippen molar-refractivity contribution in [3.63, 3.8) is 0 Å². The van der Waals surface area contributed by atoms with Crippen molar-refractivity contribution in [1.82, 2.24) is 14.5 Å². The van der Waals surface area contributed by atoms with Crippen LogP contribution in [0.5, 0.6) is 0 Å². The zero-order valence-corrected chi connectivity index (χ0v) is 10.1. The summed E-state index contributed by atoms with van der Waals surface area (Å²) in [4.78, 5) is 19.2. The topological polar surface area (TPSA) is 47.8 Å². The molecule has 15 heavy (non-hydrogen) atoms. The van der Waals surface area contributed by atoms with Crippen LogP contribution in [-0.2, 0) is 7.05 Å². The van der Waals surface area contributed by atoms with Gasteiger partial charge in [-0.05, 0) is 11.8 Å². The van der Waals surface area contributed by atoms with Gasteiger partial charge in [0.05, 0.1) is 0 Å². The number of aromatic nitrogens is 3. The Kier molecular flexibility index (Phi) is 3.08. The first-order valence-corrected chi connectivity index (χ1v) is 5.98. The van der Waals surface area contributed by atoms with E-state index in [1.54, 1.807) is 6.20 Å². The average molecular weight is 260 g/mol. The molecule has 4 nitrogen and oxygen atoms in total. The van der Waals surface area contributed by atoms with E-state index in [0.717, 1.165) is 9.50 Å². The molecule has 7 heteroatoms. The van der Waals surface area contributed by atoms with Crippen molar-refractivity contribution in [3.05, 3.63) is 22.4 Å². The van der Waals surface area contributed by atoms with Crippen molar-refractivity contribution in [1.29, 1.82) is 0 Å². The lowest BCUT2D eigenvalue weighted by Gasteiger charge is -1.95. The van der Waals surface area contributed by atoms with Crippen LogP contribution in [0.1, 0.15) is 9.67 Å². The van der Waals surface area contributed by atoms with E-state index in [-0.39, 0.29) is 5.15 Å². The lowest BCUT2D eigenvalue weighted by Crippen LogP contribution is -1.87. The fourth-order valence-electron chi connectivity index (χ4n) is 0.939. The summed E-state index contributed by atoms with van der Waals surface area (Å²) in [5.41, 5.74) is 0. The maximum atomic E-state index is 10.6. The fourth-order valence-corrected chi connectivity index (χ4v) is 3.06. The molecule has 0 spiro atoms. The first-order valence-electron chi connectivity index (χ1n) is 3.97. The molecule has 2 aromatic heterocycles. The van der Waals surface area contributed by atoms with Crippen LogP contribution in [0.2, 0.25) is 5.15 Å². The molecule has 0 bridgehead atoms. The second-order valence-electron chi connectivity index (χ2n) is 2.68. The van der Waals surface area contributed by atoms with Gasteiger partial charge in [-0.25, -0.2) is 9.97 Å². The Balaban J connectivity index is 2.25. The summed E-state index contributed by atoms with van der Waals surface area (Å²) in [6.07, 6.45) is 4.26. The van der Waals surface area contributed by atoms with Crippen LogP contribution in [0.4, 0.5) is 0 Å². The van der Waals surface area contributed by atoms with Gasteiger partial charge in [0.2, 0.25) is 0 Å². The molecule has 0 aliphatic rings. The number of nitrogens with zero attached hydrogens (tertiary/aromatic N) is 3. The first kappa shape index (κ1) is 10.7. The molecule has 0 aliphatic heterocycles. The van der Waals surface area contributed by atoms with Crippen LogP contribution in [0, 0.1) is 0 Å². The molecule has 0 saturated carbocycles. The first-order chi connectivity index (χ1) is 7.20. The minimum Gasteiger partial charge on any atom is -0.329 e. The van der Waals surface area contributed by atoms with Gasteiger partial charge in [0.15, 0.2) is 20.9 Å². The molecule has 0 fully saturated rings. The number of rotatable bonds is 3. The molecule has 0 atom stereocenters. The van der Waals surface area contributed by atoms with Crippen LogP contribution in [-0.4, -0.2) is 20.8 Å². The number of thiazole rings is 1. The van der Waals surface area contributed by atoms with Crippen LogP contribution in [0.25, 0.3) is 0 Å². The smallest absolute Gasteiger partial charge is 0.174 e. The van der Waals surface area contributed by atoms with E-state index >= 15 is 0 Å². The summed E-state index contributed by atoms with van der Waals surface area (Å²) in [7, 11) is 1.89. The minimum absolute atomic E-state index is 0.256. The quantitative estimate of drug-likeness (QED) is 0.795. The van der Waals surface area contributed by atoms with Crippen molar-refractivity contribution in [2.24, 2.45) is 7.05 Å². The maximum absolute atomic E-state index is 10.6. The largest absolute Gasteiger partial charge is 0.329 e. The second kappa shape index (κ2) is 4.34. The molecule has 2 rings (SSSR count). The van der Waals surface area contributed by atoms with Gasteiger partial charge >= 0.3 is 0 Å². The zero-order chi connectivity index (χ0) is 10.8. The van der Waals surface area contributed by atoms with Gasteiger partial charge in [0.25, 0.3) is 0 Å². The summed E-state index contributed by atoms with van der Waals surface area (Å²) in [6.45, 7) is 0. The third-order valence-corrected chi connectivity index (χ3v) is 4.17. The Morgan fingerprint density at radius 1 is 1.67 bits per heavy atom. The van der Waals surface area contributed by atoms with E-state index in [0.29, 0.717) is 11.2 Å². The van der Waals surface area contributed by atoms with Crippen molar-refractivity contribution < 1.29 is 4.79 Å². The lowest BCUT2D eigenvalue weighted by atomic mass is 10.6. The number of hydrogen-bond donors (Lipinski definition) is 0. The molecule has 0 aliphatic carbocycles. The summed E-state index contributed by atoms with van der Waals surface area (Å²) < 4.78 is 2.59. The zero-order valence-electron chi connectivity index (χ0n) is 7.68. The number of aldehydes is 1. The highest BCUT2D eigenvalue weighted by Gasteiger charge is 2.11. The van der Waals surface area contributed by atoms with Gasteiger partial charge < -0.3 is 4.57 Å². The summed E-state index contributed by atoms with van der Waals surface area (Å²) >= 11 is 8.40. The molecule has 0 amide bonds. The predicted molar refractivity (Wildman–Crippen MR) is 59.8 cm³/mol. The van der Waals surface area contributed by atoms with Crippen molar-refractivity contribution >= 4 is 41.0 Å². The summed E-state index contributed by atoms with van der Waals surface area (Å²) in [6, 6.07) is 0. The van der Waals surface area contributed by atoms with Gasteiger partial charge in [-0.1, -0.05) is 11.6 Å². The van der Waals surface area contributed by atoms with Gasteiger partial charge in [-0.15, -0.1) is 11.3 Å². The standard InChI is InChI=1S/C8H6ClN3OS2/c1-12-3-2-10-7(12)15-8-11-6(9)5(4-13)14-8/h2-4H,1H3. The number of aryl methyl sites for hydroxylation is 1. The molecule has 0 N–H and O–H groups in total. The molecule has 0 saturated heterocycles. The predicted octanol–water partition coefficient (Wildman–Crippen LogP) is 2.49. The van der Waals surface area contributed by atoms with Crippen LogP contribution in [0.15, 0.2) is 21.9 Å². The molecule has 2 aromatic rings. The van der Waals surface area contributed by atoms with Crippen molar-refractivity contribution in [3.8, 4) is 0 Å². The normalized spacial score (nSPS) is 10.5. The minimum atomic E-state index is 0.256. The molecule has 2 heterocycles. The molecular formula is C8H6ClN3OS2. The molecule has 0 aromatic carbocycles. The van der Waals surface area contributed by atoms with Crippen molar-refractivity contribution in [2.45, 2.75) is 9.50 Å². The Bertz CT molecular complexity index is 494. The number of carbonyl (C=O) groups excluding carboxylic acids is 1. The van der Waals surface area contributed by atoms with E-state index in [2.05, 4.69) is 9.97 Å². The fraction of sp³-hybridized carbons (Fsp3) is 0.125. The second-order valence-corrected chi connectivity index (χ2v) is 5.28. The van der Waals surface area contributed by atoms with E-state index < -0.39 is 0 Å². The van der Waals surface area contributed by atoms with Gasteiger partial charge in [-0.3, -0.25) is 4.79 Å². The molecule has 0 unspecified atom stereocenters. The van der Waals surface area contributed by atoms with Gasteiger partial charge in [0.1, 0.15) is 4.88 Å². The van der Waals surface area contributed by atoms with Gasteiger partial charge in [0, 0.05) is 19.4 Å². The summed E-state index contributed by atoms with van der Waals surface area (Å²) in [5, 5.41) is 1.07. The number of imidazole rings is 1. The van der Waals surface area contributed by atoms with Crippen LogP contribution in [0.3, 0.4) is 0 Å². The Morgan fingerprint density at radius 3 is 3.00 bits per heavy atom. The van der Waals surface area contributed by atoms with Crippen LogP contribution >= 0.6 is 34.7 Å². The third kappa shape index (κ3) is 2.22. The van der Waals surface area contributed by atoms with Crippen LogP contribution < -0.4 is 0 Å². The Hall–Kier alpha value is -0.850. The summed E-state index contributed by atoms with van der Waals surface area (Å²) in [5.74, 6) is 0. The van der Waals surface area contributed by atoms with E-state index in [4.69, 9.17) is 11.6 Å². The molecule has 0 radical (unpaired) electrons. The Morgan fingerprint density at radius 2 is 2.47 bits per heavy atom. The monoisotopic (exact) mass is 259 g/mol. The highest BCUT2D eigenvalue weighted by molar-refractivity contribution is 8.00. The number of carbonyl (C=O) groups is 1. The Labute approximate surface area is 99.3 Å². The number of hydrogen-bond acceptors (Lipinski definition) is 5. The molecular weight excluding hydrogens is 254 g/mol.